The molecule has 0 aliphatic rings. The second-order valence-corrected chi connectivity index (χ2v) is 4.33. The molecule has 0 aliphatic heterocycles. The number of hydrogen-bond acceptors (Lipinski definition) is 5. The lowest BCUT2D eigenvalue weighted by molar-refractivity contribution is -0.138. The van der Waals surface area contributed by atoms with Crippen LogP contribution in [0.2, 0.25) is 0 Å². The van der Waals surface area contributed by atoms with Crippen molar-refractivity contribution in [2.45, 2.75) is 12.8 Å². The quantitative estimate of drug-likeness (QED) is 0.756. The minimum atomic E-state index is -0.846. The third-order valence-corrected chi connectivity index (χ3v) is 2.80. The zero-order chi connectivity index (χ0) is 14.4. The Labute approximate surface area is 116 Å². The number of carboxylic acid groups (broad SMARTS) is 1. The SMILES string of the molecule is Cn1nnnc1-c1cccc(CCOCCC(=O)O)c1. The number of aliphatic carboxylic acids is 1. The number of benzene rings is 1. The van der Waals surface area contributed by atoms with Crippen LogP contribution in [0.1, 0.15) is 12.0 Å². The number of aryl methyl sites for hydroxylation is 1. The first-order valence-corrected chi connectivity index (χ1v) is 6.28. The van der Waals surface area contributed by atoms with Crippen LogP contribution >= 0.6 is 0 Å². The molecule has 0 atom stereocenters. The van der Waals surface area contributed by atoms with Crippen molar-refractivity contribution in [3.8, 4) is 11.4 Å². The Morgan fingerprint density at radius 2 is 2.25 bits per heavy atom. The third kappa shape index (κ3) is 3.86. The molecule has 1 aromatic carbocycles. The number of ether oxygens (including phenoxy) is 1. The highest BCUT2D eigenvalue weighted by Crippen LogP contribution is 2.16. The number of hydrogen-bond donors (Lipinski definition) is 1. The van der Waals surface area contributed by atoms with Crippen LogP contribution in [0.4, 0.5) is 0 Å². The summed E-state index contributed by atoms with van der Waals surface area (Å²) in [6, 6.07) is 7.89. The zero-order valence-corrected chi connectivity index (χ0v) is 11.2. The number of nitrogens with zero attached hydrogens (tertiary/aromatic N) is 4. The van der Waals surface area contributed by atoms with E-state index in [0.29, 0.717) is 12.4 Å². The van der Waals surface area contributed by atoms with E-state index in [4.69, 9.17) is 9.84 Å². The fraction of sp³-hybridized carbons (Fsp3) is 0.385. The number of rotatable bonds is 7. The van der Waals surface area contributed by atoms with Crippen LogP contribution in [-0.2, 0) is 23.0 Å². The molecule has 0 amide bonds. The topological polar surface area (TPSA) is 90.1 Å². The average Bonchev–Trinajstić information content (AvgIpc) is 2.85. The van der Waals surface area contributed by atoms with E-state index in [-0.39, 0.29) is 13.0 Å². The molecule has 0 aliphatic carbocycles. The van der Waals surface area contributed by atoms with Crippen molar-refractivity contribution in [1.82, 2.24) is 20.2 Å². The normalized spacial score (nSPS) is 10.7. The van der Waals surface area contributed by atoms with Crippen molar-refractivity contribution < 1.29 is 14.6 Å². The lowest BCUT2D eigenvalue weighted by Gasteiger charge is -2.05. The summed E-state index contributed by atoms with van der Waals surface area (Å²) in [5.74, 6) is -0.138. The summed E-state index contributed by atoms with van der Waals surface area (Å²) in [7, 11) is 1.79. The molecule has 1 heterocycles. The van der Waals surface area contributed by atoms with Gasteiger partial charge in [0.15, 0.2) is 5.82 Å². The van der Waals surface area contributed by atoms with Gasteiger partial charge in [-0.3, -0.25) is 4.79 Å². The molecule has 2 rings (SSSR count). The molecule has 0 saturated carbocycles. The molecule has 0 bridgehead atoms. The Balaban J connectivity index is 1.90. The first kappa shape index (κ1) is 14.1. The Hall–Kier alpha value is -2.28. The highest BCUT2D eigenvalue weighted by Gasteiger charge is 2.06. The molecular weight excluding hydrogens is 260 g/mol. The van der Waals surface area contributed by atoms with Gasteiger partial charge in [-0.25, -0.2) is 4.68 Å². The molecule has 1 aromatic heterocycles. The number of carbonyl (C=O) groups is 1. The molecule has 0 radical (unpaired) electrons. The van der Waals surface area contributed by atoms with Gasteiger partial charge in [0.1, 0.15) is 0 Å². The maximum Gasteiger partial charge on any atom is 0.305 e. The average molecular weight is 276 g/mol. The van der Waals surface area contributed by atoms with E-state index < -0.39 is 5.97 Å². The molecule has 0 unspecified atom stereocenters. The van der Waals surface area contributed by atoms with Crippen molar-refractivity contribution in [2.75, 3.05) is 13.2 Å². The van der Waals surface area contributed by atoms with E-state index in [2.05, 4.69) is 15.5 Å². The summed E-state index contributed by atoms with van der Waals surface area (Å²) in [5, 5.41) is 19.9. The standard InChI is InChI=1S/C13H16N4O3/c1-17-13(14-15-16-17)11-4-2-3-10(9-11)5-7-20-8-6-12(18)19/h2-4,9H,5-8H2,1H3,(H,18,19). The van der Waals surface area contributed by atoms with E-state index in [0.717, 1.165) is 17.5 Å². The number of carboxylic acids is 1. The van der Waals surface area contributed by atoms with Gasteiger partial charge in [0, 0.05) is 12.6 Å². The molecule has 0 saturated heterocycles. The van der Waals surface area contributed by atoms with Crippen LogP contribution in [0.5, 0.6) is 0 Å². The molecule has 1 N–H and O–H groups in total. The lowest BCUT2D eigenvalue weighted by Crippen LogP contribution is -2.05. The second-order valence-electron chi connectivity index (χ2n) is 4.33. The van der Waals surface area contributed by atoms with E-state index in [9.17, 15) is 4.79 Å². The molecule has 7 heteroatoms. The summed E-state index contributed by atoms with van der Waals surface area (Å²) >= 11 is 0. The van der Waals surface area contributed by atoms with Crippen LogP contribution in [0.3, 0.4) is 0 Å². The Morgan fingerprint density at radius 3 is 2.95 bits per heavy atom. The van der Waals surface area contributed by atoms with Crippen molar-refractivity contribution in [3.05, 3.63) is 29.8 Å². The summed E-state index contributed by atoms with van der Waals surface area (Å²) in [5.41, 5.74) is 2.04. The largest absolute Gasteiger partial charge is 0.481 e. The first-order chi connectivity index (χ1) is 9.66. The van der Waals surface area contributed by atoms with Gasteiger partial charge in [-0.2, -0.15) is 0 Å². The van der Waals surface area contributed by atoms with Crippen LogP contribution < -0.4 is 0 Å². The van der Waals surface area contributed by atoms with E-state index in [1.165, 1.54) is 0 Å². The molecule has 2 aromatic rings. The smallest absolute Gasteiger partial charge is 0.305 e. The van der Waals surface area contributed by atoms with Gasteiger partial charge in [-0.1, -0.05) is 18.2 Å². The van der Waals surface area contributed by atoms with Crippen LogP contribution in [0.15, 0.2) is 24.3 Å². The lowest BCUT2D eigenvalue weighted by atomic mass is 10.1. The second kappa shape index (κ2) is 6.76. The maximum atomic E-state index is 10.3. The van der Waals surface area contributed by atoms with Gasteiger partial charge in [0.2, 0.25) is 0 Å². The van der Waals surface area contributed by atoms with Gasteiger partial charge in [0.25, 0.3) is 0 Å². The third-order valence-electron chi connectivity index (χ3n) is 2.80. The van der Waals surface area contributed by atoms with Crippen molar-refractivity contribution in [2.24, 2.45) is 7.05 Å². The van der Waals surface area contributed by atoms with Crippen molar-refractivity contribution in [3.63, 3.8) is 0 Å². The van der Waals surface area contributed by atoms with Gasteiger partial charge in [-0.15, -0.1) is 5.10 Å². The first-order valence-electron chi connectivity index (χ1n) is 6.28. The van der Waals surface area contributed by atoms with Crippen LogP contribution in [-0.4, -0.2) is 44.5 Å². The Morgan fingerprint density at radius 1 is 1.40 bits per heavy atom. The fourth-order valence-corrected chi connectivity index (χ4v) is 1.79. The van der Waals surface area contributed by atoms with E-state index in [1.54, 1.807) is 11.7 Å². The van der Waals surface area contributed by atoms with Gasteiger partial charge >= 0.3 is 5.97 Å². The molecular formula is C13H16N4O3. The van der Waals surface area contributed by atoms with Gasteiger partial charge in [0.05, 0.1) is 19.6 Å². The van der Waals surface area contributed by atoms with Gasteiger partial charge in [-0.05, 0) is 28.5 Å². The number of aromatic nitrogens is 4. The Kier molecular flexibility index (Phi) is 4.78. The highest BCUT2D eigenvalue weighted by molar-refractivity contribution is 5.66. The fourth-order valence-electron chi connectivity index (χ4n) is 1.79. The van der Waals surface area contributed by atoms with Crippen LogP contribution in [0.25, 0.3) is 11.4 Å². The van der Waals surface area contributed by atoms with E-state index >= 15 is 0 Å². The predicted octanol–water partition coefficient (Wildman–Crippen LogP) is 0.911. The minimum absolute atomic E-state index is 0.0324. The maximum absolute atomic E-state index is 10.3. The molecule has 7 nitrogen and oxygen atoms in total. The zero-order valence-electron chi connectivity index (χ0n) is 11.2. The molecule has 0 fully saturated rings. The molecule has 106 valence electrons. The number of tetrazole rings is 1. The monoisotopic (exact) mass is 276 g/mol. The van der Waals surface area contributed by atoms with Crippen molar-refractivity contribution >= 4 is 5.97 Å². The van der Waals surface area contributed by atoms with E-state index in [1.807, 2.05) is 24.3 Å². The minimum Gasteiger partial charge on any atom is -0.481 e. The van der Waals surface area contributed by atoms with Crippen LogP contribution in [0, 0.1) is 0 Å². The molecule has 0 spiro atoms. The van der Waals surface area contributed by atoms with Crippen molar-refractivity contribution in [1.29, 1.82) is 0 Å². The summed E-state index contributed by atoms with van der Waals surface area (Å²) in [4.78, 5) is 10.3. The Bertz CT molecular complexity index is 583. The summed E-state index contributed by atoms with van der Waals surface area (Å²) in [6.07, 6.45) is 0.753. The summed E-state index contributed by atoms with van der Waals surface area (Å²) in [6.45, 7) is 0.732. The van der Waals surface area contributed by atoms with Gasteiger partial charge < -0.3 is 9.84 Å². The highest BCUT2D eigenvalue weighted by atomic mass is 16.5. The molecule has 20 heavy (non-hydrogen) atoms. The predicted molar refractivity (Wildman–Crippen MR) is 71.0 cm³/mol. The summed E-state index contributed by atoms with van der Waals surface area (Å²) < 4.78 is 6.89.